The molecule has 2 heterocycles. The van der Waals surface area contributed by atoms with Gasteiger partial charge in [0.15, 0.2) is 0 Å². The highest BCUT2D eigenvalue weighted by atomic mass is 15.2. The number of fused-ring (bicyclic) bond motifs is 2. The molecule has 0 fully saturated rings. The molecule has 0 radical (unpaired) electrons. The molecule has 1 aromatic heterocycles. The zero-order valence-corrected chi connectivity index (χ0v) is 9.57. The number of aromatic nitrogens is 1. The van der Waals surface area contributed by atoms with E-state index in [-0.39, 0.29) is 0 Å². The minimum Gasteiger partial charge on any atom is -0.329 e. The molecule has 0 saturated carbocycles. The number of nitrogens with zero attached hydrogens (tertiary/aromatic N) is 2. The van der Waals surface area contributed by atoms with Crippen molar-refractivity contribution in [2.75, 3.05) is 11.9 Å². The van der Waals surface area contributed by atoms with Crippen molar-refractivity contribution in [3.8, 4) is 0 Å². The van der Waals surface area contributed by atoms with E-state index < -0.39 is 0 Å². The Morgan fingerprint density at radius 3 is 2.94 bits per heavy atom. The molecule has 16 heavy (non-hydrogen) atoms. The third-order valence-corrected chi connectivity index (χ3v) is 3.30. The summed E-state index contributed by atoms with van der Waals surface area (Å²) >= 11 is 0. The molecule has 0 aliphatic carbocycles. The largest absolute Gasteiger partial charge is 0.329 e. The van der Waals surface area contributed by atoms with E-state index in [1.54, 1.807) is 0 Å². The van der Waals surface area contributed by atoms with Gasteiger partial charge in [-0.1, -0.05) is 18.2 Å². The fourth-order valence-corrected chi connectivity index (χ4v) is 2.41. The van der Waals surface area contributed by atoms with Crippen LogP contribution in [0.3, 0.4) is 0 Å². The first-order valence-corrected chi connectivity index (χ1v) is 5.53. The second-order valence-electron chi connectivity index (χ2n) is 4.29. The normalized spacial score (nSPS) is 13.2. The first-order valence-electron chi connectivity index (χ1n) is 5.53. The van der Waals surface area contributed by atoms with Gasteiger partial charge in [0, 0.05) is 25.4 Å². The van der Waals surface area contributed by atoms with Crippen molar-refractivity contribution in [3.63, 3.8) is 0 Å². The second kappa shape index (κ2) is 3.34. The highest BCUT2D eigenvalue weighted by Gasteiger charge is 2.21. The van der Waals surface area contributed by atoms with Crippen LogP contribution in [0.25, 0.3) is 0 Å². The van der Waals surface area contributed by atoms with Crippen molar-refractivity contribution in [2.24, 2.45) is 0 Å². The van der Waals surface area contributed by atoms with Crippen LogP contribution in [0.2, 0.25) is 0 Å². The molecule has 0 saturated heterocycles. The van der Waals surface area contributed by atoms with Crippen molar-refractivity contribution in [3.05, 3.63) is 53.2 Å². The summed E-state index contributed by atoms with van der Waals surface area (Å²) in [5, 5.41) is 0. The monoisotopic (exact) mass is 210 g/mol. The summed E-state index contributed by atoms with van der Waals surface area (Å²) in [6.07, 6.45) is 2.85. The molecule has 2 heteroatoms. The Balaban J connectivity index is 2.22. The van der Waals surface area contributed by atoms with Crippen molar-refractivity contribution < 1.29 is 0 Å². The van der Waals surface area contributed by atoms with Crippen molar-refractivity contribution in [2.45, 2.75) is 13.3 Å². The van der Waals surface area contributed by atoms with Crippen LogP contribution in [-0.2, 0) is 6.42 Å². The molecule has 80 valence electrons. The lowest BCUT2D eigenvalue weighted by Gasteiger charge is -2.29. The number of anilines is 2. The van der Waals surface area contributed by atoms with Crippen LogP contribution in [0.1, 0.15) is 16.7 Å². The predicted octanol–water partition coefficient (Wildman–Crippen LogP) is 3.06. The number of rotatable bonds is 0. The highest BCUT2D eigenvalue weighted by molar-refractivity contribution is 5.72. The Labute approximate surface area is 95.6 Å². The third kappa shape index (κ3) is 1.23. The molecule has 0 atom stereocenters. The summed E-state index contributed by atoms with van der Waals surface area (Å²) in [5.41, 5.74) is 5.38. The van der Waals surface area contributed by atoms with Crippen LogP contribution >= 0.6 is 0 Å². The first-order chi connectivity index (χ1) is 7.77. The Morgan fingerprint density at radius 1 is 1.19 bits per heavy atom. The molecule has 0 unspecified atom stereocenters. The quantitative estimate of drug-likeness (QED) is 0.664. The highest BCUT2D eigenvalue weighted by Crippen LogP contribution is 2.36. The standard InChI is InChI=1S/C14H14N2/c1-10-5-3-7-13-12(10)9-11-6-4-8-15-14(11)16(13)2/h3-8H,9H2,1-2H3. The van der Waals surface area contributed by atoms with Gasteiger partial charge in [0.1, 0.15) is 5.82 Å². The van der Waals surface area contributed by atoms with E-state index in [9.17, 15) is 0 Å². The fraction of sp³-hybridized carbons (Fsp3) is 0.214. The molecule has 1 aliphatic rings. The lowest BCUT2D eigenvalue weighted by atomic mass is 9.95. The molecule has 0 bridgehead atoms. The maximum atomic E-state index is 4.45. The Kier molecular flexibility index (Phi) is 1.96. The van der Waals surface area contributed by atoms with E-state index in [2.05, 4.69) is 48.1 Å². The smallest absolute Gasteiger partial charge is 0.136 e. The van der Waals surface area contributed by atoms with E-state index in [1.807, 2.05) is 12.3 Å². The second-order valence-corrected chi connectivity index (χ2v) is 4.29. The molecule has 0 amide bonds. The SMILES string of the molecule is Cc1cccc2c1Cc1cccnc1N2C. The summed E-state index contributed by atoms with van der Waals surface area (Å²) in [4.78, 5) is 6.64. The lowest BCUT2D eigenvalue weighted by molar-refractivity contribution is 0.996. The Hall–Kier alpha value is -1.83. The van der Waals surface area contributed by atoms with Crippen molar-refractivity contribution in [1.29, 1.82) is 0 Å². The molecule has 1 aromatic carbocycles. The number of hydrogen-bond donors (Lipinski definition) is 0. The van der Waals surface area contributed by atoms with E-state index in [0.717, 1.165) is 12.2 Å². The zero-order valence-electron chi connectivity index (χ0n) is 9.57. The van der Waals surface area contributed by atoms with Gasteiger partial charge in [-0.25, -0.2) is 4.98 Å². The number of pyridine rings is 1. The molecule has 2 nitrogen and oxygen atoms in total. The van der Waals surface area contributed by atoms with Gasteiger partial charge in [-0.3, -0.25) is 0 Å². The van der Waals surface area contributed by atoms with Crippen molar-refractivity contribution >= 4 is 11.5 Å². The Bertz CT molecular complexity index is 546. The van der Waals surface area contributed by atoms with Gasteiger partial charge in [0.25, 0.3) is 0 Å². The summed E-state index contributed by atoms with van der Waals surface area (Å²) in [7, 11) is 2.09. The van der Waals surface area contributed by atoms with Gasteiger partial charge in [-0.05, 0) is 35.7 Å². The minimum atomic E-state index is 0.996. The van der Waals surface area contributed by atoms with E-state index >= 15 is 0 Å². The zero-order chi connectivity index (χ0) is 11.1. The number of aryl methyl sites for hydroxylation is 1. The molecular formula is C14H14N2. The van der Waals surface area contributed by atoms with Gasteiger partial charge in [-0.15, -0.1) is 0 Å². The van der Waals surface area contributed by atoms with Crippen LogP contribution in [-0.4, -0.2) is 12.0 Å². The molecule has 1 aliphatic heterocycles. The lowest BCUT2D eigenvalue weighted by Crippen LogP contribution is -2.20. The van der Waals surface area contributed by atoms with Crippen LogP contribution in [0.4, 0.5) is 11.5 Å². The van der Waals surface area contributed by atoms with Gasteiger partial charge >= 0.3 is 0 Å². The molecule has 2 aromatic rings. The van der Waals surface area contributed by atoms with Crippen LogP contribution < -0.4 is 4.90 Å². The van der Waals surface area contributed by atoms with Gasteiger partial charge < -0.3 is 4.90 Å². The molecule has 0 spiro atoms. The van der Waals surface area contributed by atoms with Crippen LogP contribution in [0, 0.1) is 6.92 Å². The molecule has 0 N–H and O–H groups in total. The summed E-state index contributed by atoms with van der Waals surface area (Å²) < 4.78 is 0. The van der Waals surface area contributed by atoms with Gasteiger partial charge in [-0.2, -0.15) is 0 Å². The summed E-state index contributed by atoms with van der Waals surface area (Å²) in [6, 6.07) is 10.6. The van der Waals surface area contributed by atoms with Crippen LogP contribution in [0.5, 0.6) is 0 Å². The predicted molar refractivity (Wildman–Crippen MR) is 66.3 cm³/mol. The topological polar surface area (TPSA) is 16.1 Å². The number of benzene rings is 1. The maximum Gasteiger partial charge on any atom is 0.136 e. The average molecular weight is 210 g/mol. The van der Waals surface area contributed by atoms with Gasteiger partial charge in [0.05, 0.1) is 0 Å². The Morgan fingerprint density at radius 2 is 2.06 bits per heavy atom. The molecular weight excluding hydrogens is 196 g/mol. The van der Waals surface area contributed by atoms with E-state index in [4.69, 9.17) is 0 Å². The van der Waals surface area contributed by atoms with E-state index in [1.165, 1.54) is 22.4 Å². The fourth-order valence-electron chi connectivity index (χ4n) is 2.41. The number of hydrogen-bond acceptors (Lipinski definition) is 2. The van der Waals surface area contributed by atoms with Crippen molar-refractivity contribution in [1.82, 2.24) is 4.98 Å². The van der Waals surface area contributed by atoms with Gasteiger partial charge in [0.2, 0.25) is 0 Å². The third-order valence-electron chi connectivity index (χ3n) is 3.30. The average Bonchev–Trinajstić information content (AvgIpc) is 2.31. The first kappa shape index (κ1) is 9.40. The molecule has 3 rings (SSSR count). The van der Waals surface area contributed by atoms with Crippen LogP contribution in [0.15, 0.2) is 36.5 Å². The summed E-state index contributed by atoms with van der Waals surface area (Å²) in [6.45, 7) is 2.17. The minimum absolute atomic E-state index is 0.996. The summed E-state index contributed by atoms with van der Waals surface area (Å²) in [5.74, 6) is 1.08. The maximum absolute atomic E-state index is 4.45. The van der Waals surface area contributed by atoms with E-state index in [0.29, 0.717) is 0 Å².